The molecule has 0 saturated carbocycles. The van der Waals surface area contributed by atoms with Crippen molar-refractivity contribution in [1.82, 2.24) is 25.1 Å². The Morgan fingerprint density at radius 1 is 1.00 bits per heavy atom. The number of pyridine rings is 2. The maximum Gasteiger partial charge on any atom is 0.224 e. The largest absolute Gasteiger partial charge is 0.352 e. The zero-order valence-corrected chi connectivity index (χ0v) is 17.0. The molecule has 29 heavy (non-hydrogen) atoms. The van der Waals surface area contributed by atoms with E-state index >= 15 is 0 Å². The molecule has 0 radical (unpaired) electrons. The number of hydrogen-bond acceptors (Lipinski definition) is 5. The van der Waals surface area contributed by atoms with Gasteiger partial charge < -0.3 is 5.32 Å². The average molecular weight is 394 g/mol. The summed E-state index contributed by atoms with van der Waals surface area (Å²) >= 11 is 0. The number of likely N-dealkylation sites (tertiary alicyclic amines) is 2. The van der Waals surface area contributed by atoms with Gasteiger partial charge in [-0.15, -0.1) is 0 Å². The Bertz CT molecular complexity index is 761. The van der Waals surface area contributed by atoms with E-state index in [0.717, 1.165) is 51.1 Å². The van der Waals surface area contributed by atoms with E-state index in [2.05, 4.69) is 31.2 Å². The van der Waals surface area contributed by atoms with Gasteiger partial charge in [0.2, 0.25) is 5.91 Å². The highest BCUT2D eigenvalue weighted by Gasteiger charge is 2.31. The summed E-state index contributed by atoms with van der Waals surface area (Å²) in [6.07, 6.45) is 11.8. The van der Waals surface area contributed by atoms with Gasteiger partial charge in [-0.25, -0.2) is 0 Å². The molecule has 2 aromatic heterocycles. The molecule has 0 bridgehead atoms. The van der Waals surface area contributed by atoms with Crippen molar-refractivity contribution >= 4 is 5.91 Å². The van der Waals surface area contributed by atoms with Crippen LogP contribution in [0.4, 0.5) is 0 Å². The molecule has 154 valence electrons. The van der Waals surface area contributed by atoms with Crippen molar-refractivity contribution in [2.45, 2.75) is 44.8 Å². The molecule has 4 heterocycles. The first-order valence-corrected chi connectivity index (χ1v) is 10.8. The Morgan fingerprint density at radius 2 is 1.72 bits per heavy atom. The van der Waals surface area contributed by atoms with Gasteiger partial charge >= 0.3 is 0 Å². The molecule has 1 N–H and O–H groups in total. The molecule has 6 nitrogen and oxygen atoms in total. The van der Waals surface area contributed by atoms with Crippen molar-refractivity contribution in [3.63, 3.8) is 0 Å². The topological polar surface area (TPSA) is 61.4 Å². The molecule has 0 spiro atoms. The quantitative estimate of drug-likeness (QED) is 0.817. The van der Waals surface area contributed by atoms with Crippen molar-refractivity contribution in [3.05, 3.63) is 60.2 Å². The maximum atomic E-state index is 12.7. The van der Waals surface area contributed by atoms with E-state index in [-0.39, 0.29) is 11.8 Å². The summed E-state index contributed by atoms with van der Waals surface area (Å²) in [5.41, 5.74) is 2.34. The van der Waals surface area contributed by atoms with Crippen LogP contribution in [0.2, 0.25) is 0 Å². The number of nitrogens with one attached hydrogen (secondary N) is 1. The standard InChI is InChI=1S/C23H31N5O/c29-23(26-16-19-4-1-9-24-14-19)21-6-3-11-28(18-21)22-7-12-27(13-8-22)17-20-5-2-10-25-15-20/h1-2,4-5,9-10,14-15,21-22H,3,6-8,11-13,16-18H2,(H,26,29)/t21-/m1/s1. The lowest BCUT2D eigenvalue weighted by molar-refractivity contribution is -0.127. The lowest BCUT2D eigenvalue weighted by atomic mass is 9.93. The highest BCUT2D eigenvalue weighted by molar-refractivity contribution is 5.78. The van der Waals surface area contributed by atoms with Crippen LogP contribution >= 0.6 is 0 Å². The van der Waals surface area contributed by atoms with Crippen LogP contribution in [0.5, 0.6) is 0 Å². The predicted molar refractivity (Wildman–Crippen MR) is 113 cm³/mol. The van der Waals surface area contributed by atoms with Gasteiger partial charge in [-0.3, -0.25) is 24.6 Å². The molecule has 0 unspecified atom stereocenters. The fourth-order valence-corrected chi connectivity index (χ4v) is 4.58. The lowest BCUT2D eigenvalue weighted by Gasteiger charge is -2.42. The number of hydrogen-bond donors (Lipinski definition) is 1. The minimum Gasteiger partial charge on any atom is -0.352 e. The van der Waals surface area contributed by atoms with Gasteiger partial charge in [0, 0.05) is 50.5 Å². The van der Waals surface area contributed by atoms with Crippen LogP contribution in [-0.4, -0.2) is 57.9 Å². The van der Waals surface area contributed by atoms with E-state index in [0.29, 0.717) is 12.6 Å². The molecule has 0 aliphatic carbocycles. The van der Waals surface area contributed by atoms with Crippen molar-refractivity contribution in [2.24, 2.45) is 5.92 Å². The van der Waals surface area contributed by atoms with Gasteiger partial charge in [-0.2, -0.15) is 0 Å². The van der Waals surface area contributed by atoms with Crippen LogP contribution < -0.4 is 5.32 Å². The molecular weight excluding hydrogens is 362 g/mol. The minimum atomic E-state index is 0.105. The lowest BCUT2D eigenvalue weighted by Crippen LogP contribution is -2.50. The molecule has 1 amide bonds. The van der Waals surface area contributed by atoms with E-state index in [1.165, 1.54) is 18.4 Å². The monoisotopic (exact) mass is 393 g/mol. The van der Waals surface area contributed by atoms with Gasteiger partial charge in [0.1, 0.15) is 0 Å². The third kappa shape index (κ3) is 5.61. The molecule has 0 aromatic carbocycles. The molecule has 2 fully saturated rings. The molecule has 2 aliphatic heterocycles. The molecule has 4 rings (SSSR count). The summed E-state index contributed by atoms with van der Waals surface area (Å²) in [7, 11) is 0. The third-order valence-electron chi connectivity index (χ3n) is 6.22. The fourth-order valence-electron chi connectivity index (χ4n) is 4.58. The van der Waals surface area contributed by atoms with Crippen LogP contribution in [0.15, 0.2) is 49.1 Å². The highest BCUT2D eigenvalue weighted by Crippen LogP contribution is 2.24. The van der Waals surface area contributed by atoms with Gasteiger partial charge in [0.25, 0.3) is 0 Å². The van der Waals surface area contributed by atoms with Crippen molar-refractivity contribution in [1.29, 1.82) is 0 Å². The van der Waals surface area contributed by atoms with Crippen LogP contribution in [0.3, 0.4) is 0 Å². The summed E-state index contributed by atoms with van der Waals surface area (Å²) in [5, 5.41) is 3.11. The Morgan fingerprint density at radius 3 is 2.41 bits per heavy atom. The molecule has 2 aromatic rings. The van der Waals surface area contributed by atoms with Gasteiger partial charge in [-0.05, 0) is 68.6 Å². The number of carbonyl (C=O) groups excluding carboxylic acids is 1. The van der Waals surface area contributed by atoms with Crippen molar-refractivity contribution in [3.8, 4) is 0 Å². The van der Waals surface area contributed by atoms with Crippen LogP contribution in [0.1, 0.15) is 36.8 Å². The average Bonchev–Trinajstić information content (AvgIpc) is 2.79. The van der Waals surface area contributed by atoms with Crippen LogP contribution in [-0.2, 0) is 17.9 Å². The molecular formula is C23H31N5O. The van der Waals surface area contributed by atoms with Gasteiger partial charge in [-0.1, -0.05) is 12.1 Å². The third-order valence-corrected chi connectivity index (χ3v) is 6.22. The number of carbonyl (C=O) groups is 1. The number of amides is 1. The zero-order chi connectivity index (χ0) is 19.9. The number of nitrogens with zero attached hydrogens (tertiary/aromatic N) is 4. The van der Waals surface area contributed by atoms with Gasteiger partial charge in [0.15, 0.2) is 0 Å². The van der Waals surface area contributed by atoms with Gasteiger partial charge in [0.05, 0.1) is 5.92 Å². The molecule has 1 atom stereocenters. The minimum absolute atomic E-state index is 0.105. The number of piperidine rings is 2. The Kier molecular flexibility index (Phi) is 6.85. The zero-order valence-electron chi connectivity index (χ0n) is 17.0. The highest BCUT2D eigenvalue weighted by atomic mass is 16.1. The van der Waals surface area contributed by atoms with Crippen LogP contribution in [0, 0.1) is 5.92 Å². The second kappa shape index (κ2) is 9.94. The van der Waals surface area contributed by atoms with E-state index in [1.54, 1.807) is 6.20 Å². The van der Waals surface area contributed by atoms with E-state index in [9.17, 15) is 4.79 Å². The molecule has 6 heteroatoms. The van der Waals surface area contributed by atoms with E-state index in [4.69, 9.17) is 0 Å². The van der Waals surface area contributed by atoms with Crippen molar-refractivity contribution < 1.29 is 4.79 Å². The van der Waals surface area contributed by atoms with Crippen molar-refractivity contribution in [2.75, 3.05) is 26.2 Å². The Balaban J connectivity index is 1.23. The maximum absolute atomic E-state index is 12.7. The first-order chi connectivity index (χ1) is 14.3. The smallest absolute Gasteiger partial charge is 0.224 e. The first-order valence-electron chi connectivity index (χ1n) is 10.8. The first kappa shape index (κ1) is 20.0. The number of aromatic nitrogens is 2. The normalized spacial score (nSPS) is 21.7. The summed E-state index contributed by atoms with van der Waals surface area (Å²) in [5.74, 6) is 0.293. The summed E-state index contributed by atoms with van der Waals surface area (Å²) in [6, 6.07) is 8.67. The Hall–Kier alpha value is -2.31. The Labute approximate surface area is 173 Å². The SMILES string of the molecule is O=C(NCc1cccnc1)[C@@H]1CCCN(C2CCN(Cc3cccnc3)CC2)C1. The number of rotatable bonds is 6. The summed E-state index contributed by atoms with van der Waals surface area (Å²) < 4.78 is 0. The fraction of sp³-hybridized carbons (Fsp3) is 0.522. The molecule has 2 aliphatic rings. The predicted octanol–water partition coefficient (Wildman–Crippen LogP) is 2.47. The second-order valence-electron chi connectivity index (χ2n) is 8.28. The second-order valence-corrected chi connectivity index (χ2v) is 8.28. The molecule has 2 saturated heterocycles. The summed E-state index contributed by atoms with van der Waals surface area (Å²) in [6.45, 7) is 5.81. The van der Waals surface area contributed by atoms with Crippen LogP contribution in [0.25, 0.3) is 0 Å². The summed E-state index contributed by atoms with van der Waals surface area (Å²) in [4.78, 5) is 26.1. The van der Waals surface area contributed by atoms with E-state index < -0.39 is 0 Å². The van der Waals surface area contributed by atoms with E-state index in [1.807, 2.05) is 36.8 Å².